The molecular formula is C17H19NO2. The van der Waals surface area contributed by atoms with Gasteiger partial charge in [0.05, 0.1) is 13.0 Å². The van der Waals surface area contributed by atoms with E-state index in [9.17, 15) is 4.79 Å². The van der Waals surface area contributed by atoms with Gasteiger partial charge in [0.1, 0.15) is 5.75 Å². The molecule has 0 unspecified atom stereocenters. The molecule has 0 atom stereocenters. The number of aryl methyl sites for hydroxylation is 1. The standard InChI is InChI=1S/C17H19NO2/c1-14-8-6-7-11-16(14)20-13-12-17(19)18(2)15-9-4-3-5-10-15/h3-11H,12-13H2,1-2H3. The molecule has 0 saturated carbocycles. The number of rotatable bonds is 5. The van der Waals surface area contributed by atoms with E-state index in [-0.39, 0.29) is 5.91 Å². The van der Waals surface area contributed by atoms with Gasteiger partial charge in [-0.3, -0.25) is 4.79 Å². The van der Waals surface area contributed by atoms with Gasteiger partial charge in [-0.05, 0) is 30.7 Å². The lowest BCUT2D eigenvalue weighted by Crippen LogP contribution is -2.27. The van der Waals surface area contributed by atoms with Gasteiger partial charge in [-0.25, -0.2) is 0 Å². The highest BCUT2D eigenvalue weighted by molar-refractivity contribution is 5.92. The number of para-hydroxylation sites is 2. The van der Waals surface area contributed by atoms with Gasteiger partial charge in [-0.1, -0.05) is 36.4 Å². The van der Waals surface area contributed by atoms with E-state index in [0.29, 0.717) is 13.0 Å². The van der Waals surface area contributed by atoms with E-state index in [0.717, 1.165) is 17.0 Å². The summed E-state index contributed by atoms with van der Waals surface area (Å²) in [6.07, 6.45) is 0.361. The average molecular weight is 269 g/mol. The topological polar surface area (TPSA) is 29.5 Å². The second-order valence-corrected chi connectivity index (χ2v) is 4.65. The monoisotopic (exact) mass is 269 g/mol. The molecule has 2 aromatic carbocycles. The minimum Gasteiger partial charge on any atom is -0.493 e. The first-order chi connectivity index (χ1) is 9.68. The number of benzene rings is 2. The molecule has 0 aliphatic heterocycles. The minimum atomic E-state index is 0.0461. The second-order valence-electron chi connectivity index (χ2n) is 4.65. The quantitative estimate of drug-likeness (QED) is 0.832. The fourth-order valence-corrected chi connectivity index (χ4v) is 1.93. The number of hydrogen-bond acceptors (Lipinski definition) is 2. The highest BCUT2D eigenvalue weighted by Crippen LogP contribution is 2.17. The molecule has 2 aromatic rings. The van der Waals surface area contributed by atoms with Crippen LogP contribution in [0.2, 0.25) is 0 Å². The summed E-state index contributed by atoms with van der Waals surface area (Å²) in [5.74, 6) is 0.882. The molecule has 104 valence electrons. The molecule has 0 N–H and O–H groups in total. The van der Waals surface area contributed by atoms with Crippen LogP contribution in [-0.2, 0) is 4.79 Å². The van der Waals surface area contributed by atoms with E-state index >= 15 is 0 Å². The Morgan fingerprint density at radius 3 is 2.40 bits per heavy atom. The van der Waals surface area contributed by atoms with Crippen molar-refractivity contribution in [3.63, 3.8) is 0 Å². The lowest BCUT2D eigenvalue weighted by molar-refractivity contribution is -0.118. The molecule has 0 spiro atoms. The van der Waals surface area contributed by atoms with Gasteiger partial charge in [0.15, 0.2) is 0 Å². The van der Waals surface area contributed by atoms with E-state index in [1.165, 1.54) is 0 Å². The van der Waals surface area contributed by atoms with Crippen LogP contribution in [0.3, 0.4) is 0 Å². The van der Waals surface area contributed by atoms with Crippen molar-refractivity contribution in [3.8, 4) is 5.75 Å². The molecule has 1 amide bonds. The molecule has 0 saturated heterocycles. The Balaban J connectivity index is 1.85. The predicted molar refractivity (Wildman–Crippen MR) is 81.1 cm³/mol. The number of nitrogens with zero attached hydrogens (tertiary/aromatic N) is 1. The van der Waals surface area contributed by atoms with Gasteiger partial charge in [0.2, 0.25) is 5.91 Å². The summed E-state index contributed by atoms with van der Waals surface area (Å²) in [6, 6.07) is 17.4. The van der Waals surface area contributed by atoms with Crippen molar-refractivity contribution in [3.05, 3.63) is 60.2 Å². The van der Waals surface area contributed by atoms with E-state index in [2.05, 4.69) is 0 Å². The average Bonchev–Trinajstić information content (AvgIpc) is 2.49. The van der Waals surface area contributed by atoms with Gasteiger partial charge in [0, 0.05) is 12.7 Å². The lowest BCUT2D eigenvalue weighted by Gasteiger charge is -2.17. The SMILES string of the molecule is Cc1ccccc1OCCC(=O)N(C)c1ccccc1. The van der Waals surface area contributed by atoms with Gasteiger partial charge < -0.3 is 9.64 Å². The van der Waals surface area contributed by atoms with E-state index in [1.807, 2.05) is 61.5 Å². The number of ether oxygens (including phenoxy) is 1. The summed E-state index contributed by atoms with van der Waals surface area (Å²) >= 11 is 0. The van der Waals surface area contributed by atoms with Crippen molar-refractivity contribution in [2.24, 2.45) is 0 Å². The normalized spacial score (nSPS) is 10.1. The molecule has 0 radical (unpaired) electrons. The maximum absolute atomic E-state index is 12.1. The molecule has 0 aliphatic carbocycles. The molecule has 0 heterocycles. The first kappa shape index (κ1) is 14.1. The number of hydrogen-bond donors (Lipinski definition) is 0. The van der Waals surface area contributed by atoms with E-state index < -0.39 is 0 Å². The third-order valence-corrected chi connectivity index (χ3v) is 3.18. The van der Waals surface area contributed by atoms with Crippen LogP contribution in [0.1, 0.15) is 12.0 Å². The lowest BCUT2D eigenvalue weighted by atomic mass is 10.2. The van der Waals surface area contributed by atoms with Gasteiger partial charge >= 0.3 is 0 Å². The summed E-state index contributed by atoms with van der Waals surface area (Å²) in [4.78, 5) is 13.7. The number of carbonyl (C=O) groups is 1. The van der Waals surface area contributed by atoms with E-state index in [1.54, 1.807) is 11.9 Å². The van der Waals surface area contributed by atoms with Crippen LogP contribution in [0.15, 0.2) is 54.6 Å². The zero-order valence-corrected chi connectivity index (χ0v) is 11.9. The minimum absolute atomic E-state index is 0.0461. The molecule has 0 aliphatic rings. The summed E-state index contributed by atoms with van der Waals surface area (Å²) in [6.45, 7) is 2.38. The Bertz CT molecular complexity index is 566. The smallest absolute Gasteiger partial charge is 0.230 e. The van der Waals surface area contributed by atoms with Crippen LogP contribution in [-0.4, -0.2) is 19.6 Å². The fraction of sp³-hybridized carbons (Fsp3) is 0.235. The second kappa shape index (κ2) is 6.75. The number of anilines is 1. The summed E-state index contributed by atoms with van der Waals surface area (Å²) < 4.78 is 5.65. The van der Waals surface area contributed by atoms with Gasteiger partial charge in [-0.15, -0.1) is 0 Å². The molecule has 3 nitrogen and oxygen atoms in total. The predicted octanol–water partition coefficient (Wildman–Crippen LogP) is 3.43. The van der Waals surface area contributed by atoms with Crippen LogP contribution in [0.5, 0.6) is 5.75 Å². The molecule has 2 rings (SSSR count). The highest BCUT2D eigenvalue weighted by atomic mass is 16.5. The Morgan fingerprint density at radius 2 is 1.70 bits per heavy atom. The van der Waals surface area contributed by atoms with Crippen molar-refractivity contribution in [2.75, 3.05) is 18.6 Å². The fourth-order valence-electron chi connectivity index (χ4n) is 1.93. The van der Waals surface area contributed by atoms with E-state index in [4.69, 9.17) is 4.74 Å². The molecule has 0 aromatic heterocycles. The molecule has 3 heteroatoms. The summed E-state index contributed by atoms with van der Waals surface area (Å²) in [5, 5.41) is 0. The third-order valence-electron chi connectivity index (χ3n) is 3.18. The van der Waals surface area contributed by atoms with Crippen molar-refractivity contribution >= 4 is 11.6 Å². The van der Waals surface area contributed by atoms with Crippen molar-refractivity contribution in [2.45, 2.75) is 13.3 Å². The van der Waals surface area contributed by atoms with Crippen molar-refractivity contribution < 1.29 is 9.53 Å². The zero-order valence-electron chi connectivity index (χ0n) is 11.9. The largest absolute Gasteiger partial charge is 0.493 e. The molecule has 0 bridgehead atoms. The Kier molecular flexibility index (Phi) is 4.77. The zero-order chi connectivity index (χ0) is 14.4. The summed E-state index contributed by atoms with van der Waals surface area (Å²) in [7, 11) is 1.78. The summed E-state index contributed by atoms with van der Waals surface area (Å²) in [5.41, 5.74) is 1.98. The first-order valence-corrected chi connectivity index (χ1v) is 6.68. The van der Waals surface area contributed by atoms with Crippen LogP contribution in [0.25, 0.3) is 0 Å². The Morgan fingerprint density at radius 1 is 1.05 bits per heavy atom. The number of carbonyl (C=O) groups excluding carboxylic acids is 1. The van der Waals surface area contributed by atoms with Crippen LogP contribution in [0, 0.1) is 6.92 Å². The third kappa shape index (κ3) is 3.60. The molecular weight excluding hydrogens is 250 g/mol. The maximum Gasteiger partial charge on any atom is 0.230 e. The first-order valence-electron chi connectivity index (χ1n) is 6.68. The van der Waals surface area contributed by atoms with Crippen LogP contribution >= 0.6 is 0 Å². The molecule has 0 fully saturated rings. The van der Waals surface area contributed by atoms with Gasteiger partial charge in [-0.2, -0.15) is 0 Å². The molecule has 20 heavy (non-hydrogen) atoms. The maximum atomic E-state index is 12.1. The van der Waals surface area contributed by atoms with Crippen molar-refractivity contribution in [1.82, 2.24) is 0 Å². The van der Waals surface area contributed by atoms with Crippen molar-refractivity contribution in [1.29, 1.82) is 0 Å². The Labute approximate surface area is 119 Å². The highest BCUT2D eigenvalue weighted by Gasteiger charge is 2.10. The van der Waals surface area contributed by atoms with Crippen LogP contribution < -0.4 is 9.64 Å². The van der Waals surface area contributed by atoms with Gasteiger partial charge in [0.25, 0.3) is 0 Å². The number of amides is 1. The van der Waals surface area contributed by atoms with Crippen LogP contribution in [0.4, 0.5) is 5.69 Å². The Hall–Kier alpha value is -2.29.